The van der Waals surface area contributed by atoms with Gasteiger partial charge in [-0.3, -0.25) is 4.79 Å². The van der Waals surface area contributed by atoms with E-state index in [1.165, 1.54) is 6.92 Å². The van der Waals surface area contributed by atoms with Gasteiger partial charge in [0.2, 0.25) is 15.8 Å². The minimum Gasteiger partial charge on any atom is -0.480 e. The molecule has 1 aromatic rings. The Labute approximate surface area is 128 Å². The van der Waals surface area contributed by atoms with Crippen LogP contribution in [0.5, 0.6) is 0 Å². The second-order valence-corrected chi connectivity index (χ2v) is 6.85. The number of esters is 1. The van der Waals surface area contributed by atoms with Gasteiger partial charge in [0, 0.05) is 6.07 Å². The summed E-state index contributed by atoms with van der Waals surface area (Å²) in [5.74, 6) is -2.40. The third-order valence-electron chi connectivity index (χ3n) is 2.85. The summed E-state index contributed by atoms with van der Waals surface area (Å²) in [5.41, 5.74) is 0. The first-order chi connectivity index (χ1) is 10.1. The van der Waals surface area contributed by atoms with E-state index in [9.17, 15) is 18.0 Å². The number of furan rings is 1. The molecule has 0 radical (unpaired) electrons. The topological polar surface area (TPSA) is 123 Å². The lowest BCUT2D eigenvalue weighted by Gasteiger charge is -2.16. The molecule has 9 heteroatoms. The monoisotopic (exact) mass is 333 g/mol. The molecule has 1 atom stereocenters. The van der Waals surface area contributed by atoms with E-state index in [0.717, 1.165) is 13.2 Å². The van der Waals surface area contributed by atoms with Crippen molar-refractivity contribution < 1.29 is 32.3 Å². The third kappa shape index (κ3) is 4.31. The van der Waals surface area contributed by atoms with E-state index in [-0.39, 0.29) is 28.8 Å². The number of aryl methyl sites for hydroxylation is 1. The number of carboxylic acid groups (broad SMARTS) is 1. The Morgan fingerprint density at radius 3 is 2.45 bits per heavy atom. The zero-order valence-corrected chi connectivity index (χ0v) is 13.6. The molecule has 8 nitrogen and oxygen atoms in total. The van der Waals surface area contributed by atoms with Crippen molar-refractivity contribution in [2.24, 2.45) is 5.92 Å². The summed E-state index contributed by atoms with van der Waals surface area (Å²) in [6, 6.07) is -0.251. The van der Waals surface area contributed by atoms with Crippen LogP contribution in [0, 0.1) is 12.8 Å². The highest BCUT2D eigenvalue weighted by Gasteiger charge is 2.30. The quantitative estimate of drug-likeness (QED) is 0.717. The Morgan fingerprint density at radius 2 is 2.00 bits per heavy atom. The average Bonchev–Trinajstić information content (AvgIpc) is 2.79. The van der Waals surface area contributed by atoms with Crippen LogP contribution in [-0.2, 0) is 19.6 Å². The fourth-order valence-electron chi connectivity index (χ4n) is 1.85. The Bertz CT molecular complexity index is 660. The van der Waals surface area contributed by atoms with E-state index >= 15 is 0 Å². The minimum absolute atomic E-state index is 0.0140. The van der Waals surface area contributed by atoms with Gasteiger partial charge >= 0.3 is 11.9 Å². The number of aliphatic carboxylic acids is 1. The maximum atomic E-state index is 12.3. The minimum atomic E-state index is -4.13. The molecule has 0 fully saturated rings. The smallest absolute Gasteiger partial charge is 0.373 e. The Kier molecular flexibility index (Phi) is 5.72. The zero-order chi connectivity index (χ0) is 17.1. The van der Waals surface area contributed by atoms with Crippen LogP contribution in [0.15, 0.2) is 15.4 Å². The Morgan fingerprint density at radius 1 is 1.41 bits per heavy atom. The fraction of sp³-hybridized carbons (Fsp3) is 0.538. The molecule has 0 saturated heterocycles. The number of methoxy groups -OCH3 is 1. The maximum Gasteiger partial charge on any atom is 0.373 e. The van der Waals surface area contributed by atoms with Crippen molar-refractivity contribution in [3.8, 4) is 0 Å². The number of hydrogen-bond acceptors (Lipinski definition) is 6. The van der Waals surface area contributed by atoms with Crippen molar-refractivity contribution in [3.63, 3.8) is 0 Å². The molecule has 0 aliphatic carbocycles. The van der Waals surface area contributed by atoms with Crippen LogP contribution in [0.2, 0.25) is 0 Å². The van der Waals surface area contributed by atoms with Crippen molar-refractivity contribution in [1.82, 2.24) is 4.72 Å². The van der Waals surface area contributed by atoms with Crippen molar-refractivity contribution in [1.29, 1.82) is 0 Å². The molecule has 124 valence electrons. The van der Waals surface area contributed by atoms with Crippen molar-refractivity contribution >= 4 is 22.0 Å². The van der Waals surface area contributed by atoms with Gasteiger partial charge in [-0.1, -0.05) is 13.8 Å². The number of hydrogen-bond donors (Lipinski definition) is 2. The van der Waals surface area contributed by atoms with Crippen LogP contribution in [0.4, 0.5) is 0 Å². The molecule has 1 rings (SSSR count). The highest BCUT2D eigenvalue weighted by atomic mass is 32.2. The van der Waals surface area contributed by atoms with E-state index in [0.29, 0.717) is 0 Å². The van der Waals surface area contributed by atoms with Crippen molar-refractivity contribution in [2.75, 3.05) is 7.11 Å². The van der Waals surface area contributed by atoms with Gasteiger partial charge in [0.25, 0.3) is 0 Å². The Balaban J connectivity index is 3.10. The molecule has 0 amide bonds. The molecule has 0 saturated carbocycles. The fourth-order valence-corrected chi connectivity index (χ4v) is 3.24. The molecule has 0 unspecified atom stereocenters. The number of ether oxygens (including phenoxy) is 1. The SMILES string of the molecule is COC(=O)c1cc(S(=O)(=O)N[C@@H](CC(C)C)C(=O)O)c(C)o1. The molecule has 2 N–H and O–H groups in total. The molecular formula is C13H19NO7S. The average molecular weight is 333 g/mol. The van der Waals surface area contributed by atoms with Gasteiger partial charge in [0.15, 0.2) is 0 Å². The van der Waals surface area contributed by atoms with Crippen LogP contribution in [0.3, 0.4) is 0 Å². The van der Waals surface area contributed by atoms with E-state index < -0.39 is 28.0 Å². The first-order valence-electron chi connectivity index (χ1n) is 6.52. The second kappa shape index (κ2) is 6.93. The molecule has 0 bridgehead atoms. The number of carboxylic acids is 1. The van der Waals surface area contributed by atoms with E-state index in [4.69, 9.17) is 9.52 Å². The van der Waals surface area contributed by atoms with Gasteiger partial charge in [-0.2, -0.15) is 4.72 Å². The number of carbonyl (C=O) groups is 2. The molecule has 1 aromatic heterocycles. The van der Waals surface area contributed by atoms with Crippen LogP contribution in [0.1, 0.15) is 36.6 Å². The van der Waals surface area contributed by atoms with Gasteiger partial charge in [0.1, 0.15) is 16.7 Å². The van der Waals surface area contributed by atoms with Gasteiger partial charge in [0.05, 0.1) is 7.11 Å². The lowest BCUT2D eigenvalue weighted by molar-refractivity contribution is -0.139. The summed E-state index contributed by atoms with van der Waals surface area (Å²) in [6.45, 7) is 4.92. The van der Waals surface area contributed by atoms with Crippen LogP contribution >= 0.6 is 0 Å². The summed E-state index contributed by atoms with van der Waals surface area (Å²) in [7, 11) is -3.00. The first kappa shape index (κ1) is 18.2. The van der Waals surface area contributed by atoms with E-state index in [1.807, 2.05) is 0 Å². The third-order valence-corrected chi connectivity index (χ3v) is 4.43. The second-order valence-electron chi connectivity index (χ2n) is 5.16. The van der Waals surface area contributed by atoms with Gasteiger partial charge in [-0.05, 0) is 19.3 Å². The molecule has 22 heavy (non-hydrogen) atoms. The molecule has 0 spiro atoms. The molecular weight excluding hydrogens is 314 g/mol. The Hall–Kier alpha value is -1.87. The molecule has 0 aromatic carbocycles. The van der Waals surface area contributed by atoms with Gasteiger partial charge < -0.3 is 14.3 Å². The summed E-state index contributed by atoms with van der Waals surface area (Å²) in [4.78, 5) is 22.2. The summed E-state index contributed by atoms with van der Waals surface area (Å²) in [6.07, 6.45) is 0.134. The summed E-state index contributed by atoms with van der Waals surface area (Å²) >= 11 is 0. The summed E-state index contributed by atoms with van der Waals surface area (Å²) < 4.78 is 36.2. The highest BCUT2D eigenvalue weighted by Crippen LogP contribution is 2.21. The van der Waals surface area contributed by atoms with E-state index in [2.05, 4.69) is 9.46 Å². The van der Waals surface area contributed by atoms with Gasteiger partial charge in [-0.15, -0.1) is 0 Å². The van der Waals surface area contributed by atoms with Gasteiger partial charge in [-0.25, -0.2) is 13.2 Å². The molecule has 1 heterocycles. The molecule has 0 aliphatic rings. The standard InChI is InChI=1S/C13H19NO7S/c1-7(2)5-9(12(15)16)14-22(18,19)11-6-10(13(17)20-4)21-8(11)3/h6-7,9,14H,5H2,1-4H3,(H,15,16)/t9-/m0/s1. The predicted octanol–water partition coefficient (Wildman–Crippen LogP) is 1.15. The van der Waals surface area contributed by atoms with Crippen LogP contribution in [-0.4, -0.2) is 38.6 Å². The highest BCUT2D eigenvalue weighted by molar-refractivity contribution is 7.89. The summed E-state index contributed by atoms with van der Waals surface area (Å²) in [5, 5.41) is 9.11. The number of carbonyl (C=O) groups excluding carboxylic acids is 1. The largest absolute Gasteiger partial charge is 0.480 e. The number of rotatable bonds is 7. The first-order valence-corrected chi connectivity index (χ1v) is 8.00. The lowest BCUT2D eigenvalue weighted by Crippen LogP contribution is -2.41. The molecule has 0 aliphatic heterocycles. The lowest BCUT2D eigenvalue weighted by atomic mass is 10.1. The number of sulfonamides is 1. The maximum absolute atomic E-state index is 12.3. The number of nitrogens with one attached hydrogen (secondary N) is 1. The van der Waals surface area contributed by atoms with Crippen LogP contribution in [0.25, 0.3) is 0 Å². The van der Waals surface area contributed by atoms with Crippen LogP contribution < -0.4 is 4.72 Å². The zero-order valence-electron chi connectivity index (χ0n) is 12.7. The predicted molar refractivity (Wildman–Crippen MR) is 76.0 cm³/mol. The van der Waals surface area contributed by atoms with E-state index in [1.54, 1.807) is 13.8 Å². The normalized spacial score (nSPS) is 13.1. The van der Waals surface area contributed by atoms with Crippen molar-refractivity contribution in [3.05, 3.63) is 17.6 Å². The van der Waals surface area contributed by atoms with Crippen molar-refractivity contribution in [2.45, 2.75) is 38.1 Å².